The molecule has 0 saturated heterocycles. The Kier molecular flexibility index (Phi) is 4.90. The van der Waals surface area contributed by atoms with Crippen molar-refractivity contribution >= 4 is 5.97 Å². The number of carboxylic acids is 1. The van der Waals surface area contributed by atoms with E-state index in [0.717, 1.165) is 32.2 Å². The Morgan fingerprint density at radius 1 is 1.29 bits per heavy atom. The monoisotopic (exact) mass is 201 g/mol. The summed E-state index contributed by atoms with van der Waals surface area (Å²) in [6.45, 7) is 1.20. The van der Waals surface area contributed by atoms with Gasteiger partial charge in [0.05, 0.1) is 6.61 Å². The average Bonchev–Trinajstić information content (AvgIpc) is 2.18. The molecule has 0 unspecified atom stereocenters. The summed E-state index contributed by atoms with van der Waals surface area (Å²) in [5.74, 6) is 0.323. The highest BCUT2D eigenvalue weighted by Crippen LogP contribution is 2.27. The lowest BCUT2D eigenvalue weighted by atomic mass is 9.82. The molecule has 0 atom stereocenters. The molecule has 82 valence electrons. The summed E-state index contributed by atoms with van der Waals surface area (Å²) in [5, 5.41) is 8.38. The normalized spacial score (nSPS) is 27.5. The SMILES string of the molecule is NC[C@H]1CC[C@H](COCC(=O)O)CC1. The van der Waals surface area contributed by atoms with Crippen molar-refractivity contribution in [3.05, 3.63) is 0 Å². The number of aliphatic carboxylic acids is 1. The highest BCUT2D eigenvalue weighted by molar-refractivity contribution is 5.67. The van der Waals surface area contributed by atoms with Gasteiger partial charge in [0.2, 0.25) is 0 Å². The minimum Gasteiger partial charge on any atom is -0.480 e. The van der Waals surface area contributed by atoms with Gasteiger partial charge in [-0.15, -0.1) is 0 Å². The minimum absolute atomic E-state index is 0.170. The summed E-state index contributed by atoms with van der Waals surface area (Å²) in [7, 11) is 0. The number of hydrogen-bond acceptors (Lipinski definition) is 3. The van der Waals surface area contributed by atoms with Crippen molar-refractivity contribution in [3.8, 4) is 0 Å². The van der Waals surface area contributed by atoms with Gasteiger partial charge in [0.1, 0.15) is 6.61 Å². The van der Waals surface area contributed by atoms with Crippen molar-refractivity contribution in [2.45, 2.75) is 25.7 Å². The van der Waals surface area contributed by atoms with E-state index in [2.05, 4.69) is 0 Å². The number of nitrogens with two attached hydrogens (primary N) is 1. The predicted octanol–water partition coefficient (Wildman–Crippen LogP) is 0.853. The Balaban J connectivity index is 2.07. The summed E-state index contributed by atoms with van der Waals surface area (Å²) < 4.78 is 5.07. The van der Waals surface area contributed by atoms with Crippen LogP contribution in [0.5, 0.6) is 0 Å². The first-order valence-corrected chi connectivity index (χ1v) is 5.22. The van der Waals surface area contributed by atoms with Crippen LogP contribution in [0.2, 0.25) is 0 Å². The molecule has 0 bridgehead atoms. The molecule has 0 aromatic carbocycles. The molecule has 0 aromatic heterocycles. The van der Waals surface area contributed by atoms with Gasteiger partial charge in [0.15, 0.2) is 0 Å². The van der Waals surface area contributed by atoms with Gasteiger partial charge in [-0.1, -0.05) is 0 Å². The van der Waals surface area contributed by atoms with E-state index in [1.165, 1.54) is 0 Å². The molecule has 0 radical (unpaired) electrons. The molecule has 1 saturated carbocycles. The molecule has 14 heavy (non-hydrogen) atoms. The van der Waals surface area contributed by atoms with Crippen LogP contribution in [0.25, 0.3) is 0 Å². The van der Waals surface area contributed by atoms with Crippen molar-refractivity contribution in [1.82, 2.24) is 0 Å². The third kappa shape index (κ3) is 4.07. The maximum Gasteiger partial charge on any atom is 0.329 e. The first-order valence-electron chi connectivity index (χ1n) is 5.22. The van der Waals surface area contributed by atoms with Gasteiger partial charge in [-0.2, -0.15) is 0 Å². The molecule has 1 aliphatic carbocycles. The van der Waals surface area contributed by atoms with Crippen molar-refractivity contribution in [1.29, 1.82) is 0 Å². The predicted molar refractivity (Wildman–Crippen MR) is 53.0 cm³/mol. The van der Waals surface area contributed by atoms with Crippen molar-refractivity contribution < 1.29 is 14.6 Å². The Morgan fingerprint density at radius 3 is 2.36 bits per heavy atom. The molecule has 0 aliphatic heterocycles. The van der Waals surface area contributed by atoms with Crippen molar-refractivity contribution in [2.24, 2.45) is 17.6 Å². The van der Waals surface area contributed by atoms with Crippen LogP contribution >= 0.6 is 0 Å². The van der Waals surface area contributed by atoms with E-state index >= 15 is 0 Å². The van der Waals surface area contributed by atoms with Crippen LogP contribution in [0.1, 0.15) is 25.7 Å². The summed E-state index contributed by atoms with van der Waals surface area (Å²) in [6, 6.07) is 0. The van der Waals surface area contributed by atoms with Crippen LogP contribution in [0.3, 0.4) is 0 Å². The summed E-state index contributed by atoms with van der Waals surface area (Å²) in [5.41, 5.74) is 5.58. The molecule has 0 heterocycles. The summed E-state index contributed by atoms with van der Waals surface area (Å²) in [6.07, 6.45) is 4.58. The number of carbonyl (C=O) groups is 1. The topological polar surface area (TPSA) is 72.5 Å². The van der Waals surface area contributed by atoms with E-state index in [4.69, 9.17) is 15.6 Å². The zero-order valence-corrected chi connectivity index (χ0v) is 8.45. The maximum absolute atomic E-state index is 10.2. The Hall–Kier alpha value is -0.610. The lowest BCUT2D eigenvalue weighted by Gasteiger charge is -2.27. The van der Waals surface area contributed by atoms with Gasteiger partial charge in [0, 0.05) is 0 Å². The van der Waals surface area contributed by atoms with E-state index in [-0.39, 0.29) is 6.61 Å². The van der Waals surface area contributed by atoms with E-state index in [1.54, 1.807) is 0 Å². The van der Waals surface area contributed by atoms with Crippen LogP contribution in [-0.2, 0) is 9.53 Å². The van der Waals surface area contributed by atoms with Gasteiger partial charge < -0.3 is 15.6 Å². The Morgan fingerprint density at radius 2 is 1.86 bits per heavy atom. The Bertz CT molecular complexity index is 176. The van der Waals surface area contributed by atoms with E-state index in [1.807, 2.05) is 0 Å². The fraction of sp³-hybridized carbons (Fsp3) is 0.900. The molecule has 0 aromatic rings. The maximum atomic E-state index is 10.2. The van der Waals surface area contributed by atoms with Crippen LogP contribution in [-0.4, -0.2) is 30.8 Å². The standard InChI is InChI=1S/C10H19NO3/c11-5-8-1-3-9(4-2-8)6-14-7-10(12)13/h8-9H,1-7,11H2,(H,12,13)/t8-,9-. The quantitative estimate of drug-likeness (QED) is 0.691. The molecule has 4 nitrogen and oxygen atoms in total. The molecule has 3 N–H and O–H groups in total. The number of ether oxygens (including phenoxy) is 1. The van der Waals surface area contributed by atoms with E-state index < -0.39 is 5.97 Å². The average molecular weight is 201 g/mol. The zero-order valence-electron chi connectivity index (χ0n) is 8.45. The van der Waals surface area contributed by atoms with Crippen molar-refractivity contribution in [2.75, 3.05) is 19.8 Å². The summed E-state index contributed by atoms with van der Waals surface area (Å²) >= 11 is 0. The third-order valence-electron chi connectivity index (χ3n) is 2.88. The van der Waals surface area contributed by atoms with Gasteiger partial charge in [-0.25, -0.2) is 4.79 Å². The second-order valence-electron chi connectivity index (χ2n) is 4.03. The fourth-order valence-electron chi connectivity index (χ4n) is 1.95. The van der Waals surface area contributed by atoms with E-state index in [0.29, 0.717) is 18.4 Å². The van der Waals surface area contributed by atoms with E-state index in [9.17, 15) is 4.79 Å². The molecule has 1 rings (SSSR count). The molecule has 1 aliphatic rings. The van der Waals surface area contributed by atoms with Crippen LogP contribution in [0.15, 0.2) is 0 Å². The number of hydrogen-bond donors (Lipinski definition) is 2. The first kappa shape index (κ1) is 11.5. The lowest BCUT2D eigenvalue weighted by molar-refractivity contribution is -0.142. The first-order chi connectivity index (χ1) is 6.72. The molecule has 0 spiro atoms. The Labute approximate surface area is 84.4 Å². The molecular formula is C10H19NO3. The molecule has 4 heteroatoms. The van der Waals surface area contributed by atoms with Crippen LogP contribution in [0, 0.1) is 11.8 Å². The van der Waals surface area contributed by atoms with Gasteiger partial charge >= 0.3 is 5.97 Å². The largest absolute Gasteiger partial charge is 0.480 e. The molecule has 1 fully saturated rings. The third-order valence-corrected chi connectivity index (χ3v) is 2.88. The summed E-state index contributed by atoms with van der Waals surface area (Å²) in [4.78, 5) is 10.2. The number of carboxylic acid groups (broad SMARTS) is 1. The molecule has 0 amide bonds. The second-order valence-corrected chi connectivity index (χ2v) is 4.03. The zero-order chi connectivity index (χ0) is 10.4. The molecular weight excluding hydrogens is 182 g/mol. The van der Waals surface area contributed by atoms with Gasteiger partial charge in [-0.3, -0.25) is 0 Å². The highest BCUT2D eigenvalue weighted by atomic mass is 16.5. The van der Waals surface area contributed by atoms with Gasteiger partial charge in [-0.05, 0) is 44.1 Å². The highest BCUT2D eigenvalue weighted by Gasteiger charge is 2.20. The fourth-order valence-corrected chi connectivity index (χ4v) is 1.95. The number of rotatable bonds is 5. The van der Waals surface area contributed by atoms with Crippen LogP contribution in [0.4, 0.5) is 0 Å². The van der Waals surface area contributed by atoms with Crippen LogP contribution < -0.4 is 5.73 Å². The second kappa shape index (κ2) is 5.98. The lowest BCUT2D eigenvalue weighted by Crippen LogP contribution is -2.24. The smallest absolute Gasteiger partial charge is 0.329 e. The van der Waals surface area contributed by atoms with Crippen molar-refractivity contribution in [3.63, 3.8) is 0 Å². The van der Waals surface area contributed by atoms with Gasteiger partial charge in [0.25, 0.3) is 0 Å². The minimum atomic E-state index is -0.888.